The van der Waals surface area contributed by atoms with Gasteiger partial charge in [-0.1, -0.05) is 30.3 Å². The second kappa shape index (κ2) is 9.40. The van der Waals surface area contributed by atoms with Gasteiger partial charge in [0.05, 0.1) is 20.3 Å². The summed E-state index contributed by atoms with van der Waals surface area (Å²) in [6, 6.07) is 8.37. The molecule has 0 saturated carbocycles. The zero-order valence-corrected chi connectivity index (χ0v) is 13.2. The van der Waals surface area contributed by atoms with Crippen molar-refractivity contribution in [1.29, 1.82) is 0 Å². The predicted molar refractivity (Wildman–Crippen MR) is 84.0 cm³/mol. The van der Waals surface area contributed by atoms with Gasteiger partial charge in [-0.3, -0.25) is 4.79 Å². The maximum absolute atomic E-state index is 12.2. The summed E-state index contributed by atoms with van der Waals surface area (Å²) in [7, 11) is 1.31. The van der Waals surface area contributed by atoms with E-state index < -0.39 is 18.1 Å². The number of halogens is 1. The van der Waals surface area contributed by atoms with Crippen LogP contribution in [0.15, 0.2) is 30.3 Å². The Labute approximate surface area is 136 Å². The molecule has 2 N–H and O–H groups in total. The second-order valence-electron chi connectivity index (χ2n) is 4.86. The Morgan fingerprint density at radius 1 is 1.41 bits per heavy atom. The molecule has 0 aliphatic carbocycles. The van der Waals surface area contributed by atoms with Crippen LogP contribution in [0.2, 0.25) is 0 Å². The molecule has 1 aromatic carbocycles. The Kier molecular flexibility index (Phi) is 7.87. The molecule has 0 spiro atoms. The lowest BCUT2D eigenvalue weighted by molar-refractivity contribution is -0.145. The minimum absolute atomic E-state index is 0. The van der Waals surface area contributed by atoms with Gasteiger partial charge in [0, 0.05) is 13.0 Å². The third-order valence-corrected chi connectivity index (χ3v) is 3.32. The molecule has 122 valence electrons. The van der Waals surface area contributed by atoms with Crippen molar-refractivity contribution < 1.29 is 19.1 Å². The molecular formula is C15H21ClN2O4. The molecule has 22 heavy (non-hydrogen) atoms. The molecule has 1 heterocycles. The van der Waals surface area contributed by atoms with Gasteiger partial charge in [0.2, 0.25) is 5.91 Å². The van der Waals surface area contributed by atoms with Crippen molar-refractivity contribution in [3.8, 4) is 0 Å². The smallest absolute Gasteiger partial charge is 0.328 e. The molecule has 1 aromatic rings. The first-order valence-corrected chi connectivity index (χ1v) is 6.94. The van der Waals surface area contributed by atoms with E-state index in [2.05, 4.69) is 10.6 Å². The van der Waals surface area contributed by atoms with Gasteiger partial charge in [0.1, 0.15) is 12.1 Å². The van der Waals surface area contributed by atoms with Gasteiger partial charge in [-0.05, 0) is 5.56 Å². The molecule has 1 amide bonds. The number of carbonyl (C=O) groups excluding carboxylic acids is 2. The zero-order valence-electron chi connectivity index (χ0n) is 12.4. The molecule has 2 atom stereocenters. The lowest BCUT2D eigenvalue weighted by Crippen LogP contribution is -2.55. The van der Waals surface area contributed by atoms with Crippen molar-refractivity contribution >= 4 is 24.3 Å². The summed E-state index contributed by atoms with van der Waals surface area (Å²) in [5, 5.41) is 5.79. The first kappa shape index (κ1) is 18.4. The summed E-state index contributed by atoms with van der Waals surface area (Å²) in [6.45, 7) is 1.53. The van der Waals surface area contributed by atoms with E-state index in [9.17, 15) is 9.59 Å². The van der Waals surface area contributed by atoms with Gasteiger partial charge in [-0.15, -0.1) is 12.4 Å². The Hall–Kier alpha value is -1.63. The summed E-state index contributed by atoms with van der Waals surface area (Å²) in [6.07, 6.45) is 0.396. The van der Waals surface area contributed by atoms with Crippen molar-refractivity contribution in [3.63, 3.8) is 0 Å². The van der Waals surface area contributed by atoms with Crippen LogP contribution in [0.1, 0.15) is 5.56 Å². The van der Waals surface area contributed by atoms with Crippen molar-refractivity contribution in [2.75, 3.05) is 26.9 Å². The molecule has 7 heteroatoms. The van der Waals surface area contributed by atoms with Crippen molar-refractivity contribution in [1.82, 2.24) is 10.6 Å². The first-order valence-electron chi connectivity index (χ1n) is 6.94. The molecule has 1 fully saturated rings. The van der Waals surface area contributed by atoms with Gasteiger partial charge < -0.3 is 20.1 Å². The standard InChI is InChI=1S/C15H20N2O4.ClH/c1-20-15(19)12(9-11-5-3-2-4-6-11)17-14(18)13-10-21-8-7-16-13;/h2-6,12-13,16H,7-10H2,1H3,(H,17,18);1H. The average Bonchev–Trinajstić information content (AvgIpc) is 2.55. The normalized spacial score (nSPS) is 18.7. The van der Waals surface area contributed by atoms with Crippen LogP contribution < -0.4 is 10.6 Å². The molecule has 1 aliphatic rings. The number of morpholine rings is 1. The summed E-state index contributed by atoms with van der Waals surface area (Å²) in [5.74, 6) is -0.704. The number of esters is 1. The van der Waals surface area contributed by atoms with Crippen LogP contribution in [0.3, 0.4) is 0 Å². The topological polar surface area (TPSA) is 76.7 Å². The summed E-state index contributed by atoms with van der Waals surface area (Å²) in [4.78, 5) is 24.0. The third kappa shape index (κ3) is 5.29. The van der Waals surface area contributed by atoms with E-state index in [0.29, 0.717) is 26.2 Å². The molecule has 6 nitrogen and oxygen atoms in total. The van der Waals surface area contributed by atoms with Crippen LogP contribution in [0, 0.1) is 0 Å². The lowest BCUT2D eigenvalue weighted by Gasteiger charge is -2.25. The maximum atomic E-state index is 12.2. The zero-order chi connectivity index (χ0) is 15.1. The van der Waals surface area contributed by atoms with Gasteiger partial charge in [-0.2, -0.15) is 0 Å². The average molecular weight is 329 g/mol. The highest BCUT2D eigenvalue weighted by Crippen LogP contribution is 2.05. The van der Waals surface area contributed by atoms with Crippen LogP contribution in [0.25, 0.3) is 0 Å². The summed E-state index contributed by atoms with van der Waals surface area (Å²) in [5.41, 5.74) is 0.959. The van der Waals surface area contributed by atoms with Gasteiger partial charge in [0.15, 0.2) is 0 Å². The molecule has 2 rings (SSSR count). The Morgan fingerprint density at radius 2 is 2.14 bits per heavy atom. The Morgan fingerprint density at radius 3 is 2.73 bits per heavy atom. The molecule has 1 aliphatic heterocycles. The van der Waals surface area contributed by atoms with Gasteiger partial charge in [0.25, 0.3) is 0 Å². The molecule has 0 bridgehead atoms. The van der Waals surface area contributed by atoms with Gasteiger partial charge >= 0.3 is 5.97 Å². The highest BCUT2D eigenvalue weighted by atomic mass is 35.5. The molecule has 0 aromatic heterocycles. The first-order chi connectivity index (χ1) is 10.2. The number of hydrogen-bond acceptors (Lipinski definition) is 5. The summed E-state index contributed by atoms with van der Waals surface area (Å²) < 4.78 is 10.0. The molecule has 2 unspecified atom stereocenters. The minimum Gasteiger partial charge on any atom is -0.467 e. The number of amides is 1. The van der Waals surface area contributed by atoms with E-state index in [4.69, 9.17) is 9.47 Å². The fourth-order valence-electron chi connectivity index (χ4n) is 2.19. The Bertz CT molecular complexity index is 478. The fraction of sp³-hybridized carbons (Fsp3) is 0.467. The number of benzene rings is 1. The van der Waals surface area contributed by atoms with Gasteiger partial charge in [-0.25, -0.2) is 4.79 Å². The largest absolute Gasteiger partial charge is 0.467 e. The maximum Gasteiger partial charge on any atom is 0.328 e. The number of carbonyl (C=O) groups is 2. The van der Waals surface area contributed by atoms with Crippen LogP contribution in [-0.2, 0) is 25.5 Å². The van der Waals surface area contributed by atoms with Crippen molar-refractivity contribution in [2.45, 2.75) is 18.5 Å². The number of ether oxygens (including phenoxy) is 2. The number of methoxy groups -OCH3 is 1. The minimum atomic E-state index is -0.700. The molecule has 0 radical (unpaired) electrons. The highest BCUT2D eigenvalue weighted by Gasteiger charge is 2.27. The van der Waals surface area contributed by atoms with Crippen molar-refractivity contribution in [3.05, 3.63) is 35.9 Å². The second-order valence-corrected chi connectivity index (χ2v) is 4.86. The molecule has 1 saturated heterocycles. The molecular weight excluding hydrogens is 308 g/mol. The Balaban J connectivity index is 0.00000242. The number of nitrogens with one attached hydrogen (secondary N) is 2. The number of hydrogen-bond donors (Lipinski definition) is 2. The highest BCUT2D eigenvalue weighted by molar-refractivity contribution is 5.87. The van der Waals surface area contributed by atoms with Crippen molar-refractivity contribution in [2.24, 2.45) is 0 Å². The third-order valence-electron chi connectivity index (χ3n) is 3.32. The monoisotopic (exact) mass is 328 g/mol. The predicted octanol–water partition coefficient (Wildman–Crippen LogP) is 0.297. The quantitative estimate of drug-likeness (QED) is 0.760. The SMILES string of the molecule is COC(=O)C(Cc1ccccc1)NC(=O)C1COCCN1.Cl. The summed E-state index contributed by atoms with van der Waals surface area (Å²) >= 11 is 0. The van der Waals surface area contributed by atoms with E-state index in [0.717, 1.165) is 5.56 Å². The van der Waals surface area contributed by atoms with E-state index in [1.54, 1.807) is 0 Å². The fourth-order valence-corrected chi connectivity index (χ4v) is 2.19. The van der Waals surface area contributed by atoms with E-state index in [-0.39, 0.29) is 18.3 Å². The van der Waals surface area contributed by atoms with Crippen LogP contribution in [-0.4, -0.2) is 50.8 Å². The number of rotatable bonds is 5. The van der Waals surface area contributed by atoms with E-state index in [1.807, 2.05) is 30.3 Å². The van der Waals surface area contributed by atoms with E-state index in [1.165, 1.54) is 7.11 Å². The lowest BCUT2D eigenvalue weighted by atomic mass is 10.1. The van der Waals surface area contributed by atoms with Crippen LogP contribution in [0.4, 0.5) is 0 Å². The van der Waals surface area contributed by atoms with E-state index >= 15 is 0 Å². The van der Waals surface area contributed by atoms with Crippen LogP contribution in [0.5, 0.6) is 0 Å². The van der Waals surface area contributed by atoms with Crippen LogP contribution >= 0.6 is 12.4 Å².